The molecular weight excluding hydrogens is 810 g/mol. The Morgan fingerprint density at radius 1 is 0.534 bits per heavy atom. The van der Waals surface area contributed by atoms with Gasteiger partial charge in [0.05, 0.1) is 25.7 Å². The van der Waals surface area contributed by atoms with Gasteiger partial charge in [-0.25, -0.2) is 4.79 Å². The van der Waals surface area contributed by atoms with Crippen LogP contribution in [0.1, 0.15) is 79.7 Å². The smallest absolute Gasteiger partial charge is 0.341 e. The van der Waals surface area contributed by atoms with Crippen molar-refractivity contribution in [2.24, 2.45) is 0 Å². The van der Waals surface area contributed by atoms with Gasteiger partial charge in [-0.2, -0.15) is 0 Å². The monoisotopic (exact) mass is 856 g/mol. The number of carbonyl (C=O) groups excluding carboxylic acids is 1. The Morgan fingerprint density at radius 3 is 1.19 bits per heavy atom. The number of hydrogen-bond donors (Lipinski definition) is 0. The third-order valence-corrected chi connectivity index (χ3v) is 11.2. The van der Waals surface area contributed by atoms with Crippen molar-refractivity contribution in [2.75, 3.05) is 38.0 Å². The van der Waals surface area contributed by atoms with Crippen molar-refractivity contribution in [1.82, 2.24) is 0 Å². The third kappa shape index (κ3) is 9.32. The number of benzene rings is 5. The molecule has 0 saturated heterocycles. The Morgan fingerprint density at radius 2 is 0.862 bits per heavy atom. The Labute approximate surface area is 362 Å². The minimum absolute atomic E-state index is 0.0118. The average Bonchev–Trinajstić information content (AvgIpc) is 3.45. The molecule has 0 unspecified atom stereocenters. The number of esters is 1. The lowest BCUT2D eigenvalue weighted by atomic mass is 9.83. The number of halogens is 4. The fraction of sp³-hybridized carbons (Fsp3) is 0.271. The van der Waals surface area contributed by atoms with Crippen LogP contribution in [0.15, 0.2) is 109 Å². The molecule has 0 N–H and O–H groups in total. The van der Waals surface area contributed by atoms with Crippen molar-refractivity contribution < 1.29 is 19.0 Å². The van der Waals surface area contributed by atoms with Crippen molar-refractivity contribution >= 4 is 74.9 Å². The highest BCUT2D eigenvalue weighted by atomic mass is 35.5. The minimum atomic E-state index is -1.66. The van der Waals surface area contributed by atoms with Gasteiger partial charge in [0, 0.05) is 45.1 Å². The molecule has 0 fully saturated rings. The highest BCUT2D eigenvalue weighted by Gasteiger charge is 2.48. The molecule has 0 spiro atoms. The zero-order chi connectivity index (χ0) is 42.3. The highest BCUT2D eigenvalue weighted by Crippen LogP contribution is 2.53. The fourth-order valence-electron chi connectivity index (χ4n) is 6.78. The number of rotatable bonds is 10. The third-order valence-electron chi connectivity index (χ3n) is 9.41. The van der Waals surface area contributed by atoms with Crippen molar-refractivity contribution in [2.45, 2.75) is 58.3 Å². The molecule has 1 aliphatic heterocycles. The molecule has 0 atom stereocenters. The largest absolute Gasteiger partial charge is 0.488 e. The molecular formula is C48H48Cl4N2O4. The Kier molecular flexibility index (Phi) is 12.3. The van der Waals surface area contributed by atoms with E-state index in [0.29, 0.717) is 11.5 Å². The van der Waals surface area contributed by atoms with Crippen LogP contribution in [-0.4, -0.2) is 45.4 Å². The Balaban J connectivity index is 1.71. The maximum atomic E-state index is 14.3. The standard InChI is InChI=1S/C48H48Cl4N2O4/c1-46(2,3)56-35-23-15-31(16-24-35)37(29-11-19-33(20-12-29)53(7)8)27-48(40-39(45(55)58-48)41(49)43(51)44(52)42(40)50)28-38(30-13-21-34(22-14-30)54(9)10)32-17-25-36(26-18-32)57-47(4,5)6/h11-28H,1-10H3/b37-27+,38-28+. The lowest BCUT2D eigenvalue weighted by Gasteiger charge is -2.28. The van der Waals surface area contributed by atoms with Crippen LogP contribution in [0, 0.1) is 0 Å². The number of cyclic esters (lactones) is 1. The molecule has 0 bridgehead atoms. The summed E-state index contributed by atoms with van der Waals surface area (Å²) >= 11 is 27.5. The first kappa shape index (κ1) is 43.0. The van der Waals surface area contributed by atoms with Crippen molar-refractivity contribution in [1.29, 1.82) is 0 Å². The van der Waals surface area contributed by atoms with E-state index in [0.717, 1.165) is 44.8 Å². The van der Waals surface area contributed by atoms with E-state index in [1.54, 1.807) is 0 Å². The first-order valence-corrected chi connectivity index (χ1v) is 20.4. The van der Waals surface area contributed by atoms with E-state index in [4.69, 9.17) is 60.6 Å². The maximum absolute atomic E-state index is 14.3. The predicted octanol–water partition coefficient (Wildman–Crippen LogP) is 13.4. The van der Waals surface area contributed by atoms with Gasteiger partial charge in [-0.1, -0.05) is 94.9 Å². The van der Waals surface area contributed by atoms with Crippen molar-refractivity contribution in [3.8, 4) is 11.5 Å². The first-order chi connectivity index (χ1) is 27.2. The van der Waals surface area contributed by atoms with Crippen LogP contribution >= 0.6 is 46.4 Å². The van der Waals surface area contributed by atoms with Gasteiger partial charge >= 0.3 is 5.97 Å². The summed E-state index contributed by atoms with van der Waals surface area (Å²) in [5.41, 5.74) is 4.78. The summed E-state index contributed by atoms with van der Waals surface area (Å²) in [7, 11) is 7.96. The number of nitrogens with zero attached hydrogens (tertiary/aromatic N) is 2. The zero-order valence-electron chi connectivity index (χ0n) is 34.4. The SMILES string of the molecule is CN(C)c1ccc(/C(=C\C2(/C=C(/c3ccc(OC(C)(C)C)cc3)c3ccc(N(C)C)cc3)OC(=O)c3c(Cl)c(Cl)c(Cl)c(Cl)c32)c2ccc(OC(C)(C)C)cc2)cc1. The van der Waals surface area contributed by atoms with Gasteiger partial charge in [0.15, 0.2) is 5.60 Å². The summed E-state index contributed by atoms with van der Waals surface area (Å²) < 4.78 is 19.0. The van der Waals surface area contributed by atoms with Gasteiger partial charge in [-0.05, 0) is 136 Å². The number of ether oxygens (including phenoxy) is 3. The van der Waals surface area contributed by atoms with Gasteiger partial charge < -0.3 is 24.0 Å². The Bertz CT molecular complexity index is 2250. The summed E-state index contributed by atoms with van der Waals surface area (Å²) in [6.07, 6.45) is 3.83. The van der Waals surface area contributed by atoms with E-state index >= 15 is 0 Å². The molecule has 10 heteroatoms. The van der Waals surface area contributed by atoms with Crippen LogP contribution in [0.4, 0.5) is 11.4 Å². The number of carbonyl (C=O) groups is 1. The molecule has 0 aliphatic carbocycles. The van der Waals surface area contributed by atoms with Gasteiger partial charge in [0.2, 0.25) is 0 Å². The van der Waals surface area contributed by atoms with E-state index in [-0.39, 0.29) is 31.2 Å². The van der Waals surface area contributed by atoms with Crippen LogP contribution in [-0.2, 0) is 10.3 Å². The highest BCUT2D eigenvalue weighted by molar-refractivity contribution is 6.53. The van der Waals surface area contributed by atoms with E-state index in [1.807, 2.05) is 189 Å². The van der Waals surface area contributed by atoms with Crippen LogP contribution in [0.3, 0.4) is 0 Å². The van der Waals surface area contributed by atoms with E-state index in [1.165, 1.54) is 0 Å². The summed E-state index contributed by atoms with van der Waals surface area (Å²) in [6, 6.07) is 32.0. The molecule has 6 nitrogen and oxygen atoms in total. The fourth-order valence-corrected chi connectivity index (χ4v) is 7.85. The molecule has 302 valence electrons. The second-order valence-electron chi connectivity index (χ2n) is 16.7. The molecule has 58 heavy (non-hydrogen) atoms. The molecule has 0 aromatic heterocycles. The molecule has 5 aromatic carbocycles. The van der Waals surface area contributed by atoms with E-state index in [9.17, 15) is 4.79 Å². The second-order valence-corrected chi connectivity index (χ2v) is 18.2. The van der Waals surface area contributed by atoms with E-state index < -0.39 is 22.8 Å². The van der Waals surface area contributed by atoms with E-state index in [2.05, 4.69) is 0 Å². The topological polar surface area (TPSA) is 51.2 Å². The number of fused-ring (bicyclic) bond motifs is 1. The molecule has 0 radical (unpaired) electrons. The molecule has 5 aromatic rings. The summed E-state index contributed by atoms with van der Waals surface area (Å²) in [4.78, 5) is 18.3. The molecule has 0 amide bonds. The quantitative estimate of drug-likeness (QED) is 0.0792. The van der Waals surface area contributed by atoms with Crippen LogP contribution in [0.25, 0.3) is 11.1 Å². The number of hydrogen-bond acceptors (Lipinski definition) is 6. The molecule has 6 rings (SSSR count). The van der Waals surface area contributed by atoms with Gasteiger partial charge in [0.1, 0.15) is 22.7 Å². The zero-order valence-corrected chi connectivity index (χ0v) is 37.5. The molecule has 1 aliphatic rings. The van der Waals surface area contributed by atoms with Gasteiger partial charge in [-0.3, -0.25) is 0 Å². The summed E-state index contributed by atoms with van der Waals surface area (Å²) in [5.74, 6) is 0.731. The van der Waals surface area contributed by atoms with Crippen LogP contribution in [0.5, 0.6) is 11.5 Å². The van der Waals surface area contributed by atoms with Crippen molar-refractivity contribution in [3.05, 3.63) is 163 Å². The van der Waals surface area contributed by atoms with Gasteiger partial charge in [-0.15, -0.1) is 0 Å². The lowest BCUT2D eigenvalue weighted by Crippen LogP contribution is -2.23. The average molecular weight is 859 g/mol. The maximum Gasteiger partial charge on any atom is 0.341 e. The summed E-state index contributed by atoms with van der Waals surface area (Å²) in [5, 5.41) is -0.00823. The minimum Gasteiger partial charge on any atom is -0.488 e. The van der Waals surface area contributed by atoms with Gasteiger partial charge in [0.25, 0.3) is 0 Å². The normalized spacial score (nSPS) is 15.9. The second kappa shape index (κ2) is 16.6. The van der Waals surface area contributed by atoms with Crippen LogP contribution < -0.4 is 19.3 Å². The number of anilines is 2. The first-order valence-electron chi connectivity index (χ1n) is 18.9. The summed E-state index contributed by atoms with van der Waals surface area (Å²) in [6.45, 7) is 12.0. The predicted molar refractivity (Wildman–Crippen MR) is 243 cm³/mol. The molecule has 0 saturated carbocycles. The Hall–Kier alpha value is -4.59. The molecule has 1 heterocycles. The lowest BCUT2D eigenvalue weighted by molar-refractivity contribution is 0.0300. The van der Waals surface area contributed by atoms with Crippen LogP contribution in [0.2, 0.25) is 20.1 Å². The van der Waals surface area contributed by atoms with Crippen molar-refractivity contribution in [3.63, 3.8) is 0 Å².